The second-order valence-corrected chi connectivity index (χ2v) is 3.96. The molecule has 1 rings (SSSR count). The fraction of sp³-hybridized carbons (Fsp3) is 0.462. The van der Waals surface area contributed by atoms with Gasteiger partial charge in [-0.25, -0.2) is 0 Å². The van der Waals surface area contributed by atoms with E-state index in [0.717, 1.165) is 5.56 Å². The van der Waals surface area contributed by atoms with Crippen LogP contribution >= 0.6 is 0 Å². The summed E-state index contributed by atoms with van der Waals surface area (Å²) in [4.78, 5) is 11.7. The van der Waals surface area contributed by atoms with Crippen molar-refractivity contribution in [1.29, 1.82) is 0 Å². The maximum Gasteiger partial charge on any atom is 0.314 e. The van der Waals surface area contributed by atoms with Crippen molar-refractivity contribution in [3.05, 3.63) is 35.9 Å². The van der Waals surface area contributed by atoms with Crippen LogP contribution in [-0.4, -0.2) is 49.1 Å². The van der Waals surface area contributed by atoms with Gasteiger partial charge in [-0.3, -0.25) is 4.79 Å². The van der Waals surface area contributed by atoms with Crippen LogP contribution < -0.4 is 5.32 Å². The highest BCUT2D eigenvalue weighted by Crippen LogP contribution is 2.16. The van der Waals surface area contributed by atoms with Gasteiger partial charge in [-0.2, -0.15) is 0 Å². The van der Waals surface area contributed by atoms with Crippen molar-refractivity contribution in [2.75, 3.05) is 26.9 Å². The Hall–Kier alpha value is -1.43. The first kappa shape index (κ1) is 14.6. The van der Waals surface area contributed by atoms with Crippen molar-refractivity contribution in [2.24, 2.45) is 0 Å². The van der Waals surface area contributed by atoms with Gasteiger partial charge in [0.1, 0.15) is 0 Å². The standard InChI is InChI=1S/C13H19NO4/c1-18-13(17)12(7-14-11(8-15)9-16)10-5-3-2-4-6-10/h2-6,11-12,14-16H,7-9H2,1H3. The average molecular weight is 253 g/mol. The Morgan fingerprint density at radius 2 is 1.89 bits per heavy atom. The van der Waals surface area contributed by atoms with E-state index in [-0.39, 0.29) is 19.2 Å². The molecule has 0 heterocycles. The van der Waals surface area contributed by atoms with Crippen LogP contribution in [0.1, 0.15) is 11.5 Å². The highest BCUT2D eigenvalue weighted by molar-refractivity contribution is 5.78. The van der Waals surface area contributed by atoms with E-state index in [1.807, 2.05) is 30.3 Å². The number of esters is 1. The number of rotatable bonds is 7. The number of ether oxygens (including phenoxy) is 1. The molecule has 0 fully saturated rings. The molecule has 0 aromatic heterocycles. The van der Waals surface area contributed by atoms with E-state index in [1.54, 1.807) is 0 Å². The lowest BCUT2D eigenvalue weighted by atomic mass is 9.99. The van der Waals surface area contributed by atoms with E-state index >= 15 is 0 Å². The number of carbonyl (C=O) groups is 1. The minimum atomic E-state index is -0.447. The number of hydrogen-bond acceptors (Lipinski definition) is 5. The maximum atomic E-state index is 11.7. The number of benzene rings is 1. The summed E-state index contributed by atoms with van der Waals surface area (Å²) in [5.74, 6) is -0.792. The molecule has 0 bridgehead atoms. The Kier molecular flexibility index (Phi) is 6.35. The van der Waals surface area contributed by atoms with Gasteiger partial charge in [0.05, 0.1) is 32.3 Å². The van der Waals surface area contributed by atoms with Crippen LogP contribution in [0.4, 0.5) is 0 Å². The molecule has 0 spiro atoms. The number of hydrogen-bond donors (Lipinski definition) is 3. The Balaban J connectivity index is 2.71. The number of methoxy groups -OCH3 is 1. The first-order valence-electron chi connectivity index (χ1n) is 5.80. The van der Waals surface area contributed by atoms with Crippen LogP contribution in [0.25, 0.3) is 0 Å². The zero-order valence-corrected chi connectivity index (χ0v) is 10.4. The Morgan fingerprint density at radius 1 is 1.28 bits per heavy atom. The molecule has 5 heteroatoms. The molecule has 0 radical (unpaired) electrons. The molecule has 0 aliphatic carbocycles. The minimum absolute atomic E-state index is 0.181. The molecular weight excluding hydrogens is 234 g/mol. The Labute approximate surface area is 106 Å². The van der Waals surface area contributed by atoms with Gasteiger partial charge in [-0.05, 0) is 5.56 Å². The van der Waals surface area contributed by atoms with E-state index in [1.165, 1.54) is 7.11 Å². The lowest BCUT2D eigenvalue weighted by Gasteiger charge is -2.19. The third-order valence-electron chi connectivity index (χ3n) is 2.74. The lowest BCUT2D eigenvalue weighted by molar-refractivity contribution is -0.142. The normalized spacial score (nSPS) is 12.4. The van der Waals surface area contributed by atoms with Gasteiger partial charge >= 0.3 is 5.97 Å². The Bertz CT molecular complexity index is 351. The molecule has 18 heavy (non-hydrogen) atoms. The molecule has 3 N–H and O–H groups in total. The topological polar surface area (TPSA) is 78.8 Å². The molecule has 0 aliphatic rings. The first-order valence-corrected chi connectivity index (χ1v) is 5.80. The van der Waals surface area contributed by atoms with Crippen LogP contribution in [0.5, 0.6) is 0 Å². The van der Waals surface area contributed by atoms with Crippen molar-refractivity contribution >= 4 is 5.97 Å². The fourth-order valence-electron chi connectivity index (χ4n) is 1.64. The Morgan fingerprint density at radius 3 is 2.39 bits per heavy atom. The summed E-state index contributed by atoms with van der Waals surface area (Å²) in [7, 11) is 1.34. The molecule has 0 aliphatic heterocycles. The predicted molar refractivity (Wildman–Crippen MR) is 67.2 cm³/mol. The predicted octanol–water partition coefficient (Wildman–Crippen LogP) is -0.114. The monoisotopic (exact) mass is 253 g/mol. The van der Waals surface area contributed by atoms with Crippen molar-refractivity contribution in [3.8, 4) is 0 Å². The summed E-state index contributed by atoms with van der Waals surface area (Å²) in [6.07, 6.45) is 0. The summed E-state index contributed by atoms with van der Waals surface area (Å²) in [6.45, 7) is -0.0547. The SMILES string of the molecule is COC(=O)C(CNC(CO)CO)c1ccccc1. The molecule has 5 nitrogen and oxygen atoms in total. The largest absolute Gasteiger partial charge is 0.469 e. The molecule has 1 aromatic rings. The molecule has 1 atom stereocenters. The number of aliphatic hydroxyl groups excluding tert-OH is 2. The van der Waals surface area contributed by atoms with Gasteiger partial charge in [-0.15, -0.1) is 0 Å². The number of aliphatic hydroxyl groups is 2. The highest BCUT2D eigenvalue weighted by atomic mass is 16.5. The molecule has 0 amide bonds. The summed E-state index contributed by atoms with van der Waals surface area (Å²) in [5.41, 5.74) is 0.839. The van der Waals surface area contributed by atoms with Crippen LogP contribution in [0.15, 0.2) is 30.3 Å². The summed E-state index contributed by atoms with van der Waals surface area (Å²) < 4.78 is 4.76. The van der Waals surface area contributed by atoms with E-state index in [9.17, 15) is 4.79 Å². The zero-order valence-electron chi connectivity index (χ0n) is 10.4. The summed E-state index contributed by atoms with van der Waals surface area (Å²) in [5, 5.41) is 20.9. The summed E-state index contributed by atoms with van der Waals surface area (Å²) >= 11 is 0. The van der Waals surface area contributed by atoms with Crippen LogP contribution in [-0.2, 0) is 9.53 Å². The van der Waals surface area contributed by atoms with Gasteiger partial charge in [0, 0.05) is 6.54 Å². The van der Waals surface area contributed by atoms with E-state index in [4.69, 9.17) is 14.9 Å². The highest BCUT2D eigenvalue weighted by Gasteiger charge is 2.22. The van der Waals surface area contributed by atoms with Gasteiger partial charge in [0.15, 0.2) is 0 Å². The quantitative estimate of drug-likeness (QED) is 0.591. The van der Waals surface area contributed by atoms with Crippen molar-refractivity contribution in [3.63, 3.8) is 0 Å². The zero-order chi connectivity index (χ0) is 13.4. The summed E-state index contributed by atoms with van der Waals surface area (Å²) in [6, 6.07) is 8.82. The smallest absolute Gasteiger partial charge is 0.314 e. The van der Waals surface area contributed by atoms with E-state index in [2.05, 4.69) is 5.32 Å². The lowest BCUT2D eigenvalue weighted by Crippen LogP contribution is -2.40. The maximum absolute atomic E-state index is 11.7. The van der Waals surface area contributed by atoms with Gasteiger partial charge in [-0.1, -0.05) is 30.3 Å². The second kappa shape index (κ2) is 7.81. The van der Waals surface area contributed by atoms with Crippen molar-refractivity contribution in [1.82, 2.24) is 5.32 Å². The molecule has 1 unspecified atom stereocenters. The van der Waals surface area contributed by atoms with Crippen LogP contribution in [0.2, 0.25) is 0 Å². The van der Waals surface area contributed by atoms with Crippen molar-refractivity contribution in [2.45, 2.75) is 12.0 Å². The third kappa shape index (κ3) is 4.10. The molecular formula is C13H19NO4. The number of nitrogens with one attached hydrogen (secondary N) is 1. The van der Waals surface area contributed by atoms with Crippen LogP contribution in [0, 0.1) is 0 Å². The average Bonchev–Trinajstić information content (AvgIpc) is 2.44. The fourth-order valence-corrected chi connectivity index (χ4v) is 1.64. The van der Waals surface area contributed by atoms with Gasteiger partial charge in [0.25, 0.3) is 0 Å². The van der Waals surface area contributed by atoms with E-state index in [0.29, 0.717) is 6.54 Å². The molecule has 1 aromatic carbocycles. The van der Waals surface area contributed by atoms with Crippen LogP contribution in [0.3, 0.4) is 0 Å². The third-order valence-corrected chi connectivity index (χ3v) is 2.74. The van der Waals surface area contributed by atoms with Gasteiger partial charge in [0.2, 0.25) is 0 Å². The first-order chi connectivity index (χ1) is 8.72. The minimum Gasteiger partial charge on any atom is -0.469 e. The van der Waals surface area contributed by atoms with Crippen molar-refractivity contribution < 1.29 is 19.7 Å². The molecule has 100 valence electrons. The second-order valence-electron chi connectivity index (χ2n) is 3.96. The molecule has 0 saturated heterocycles. The van der Waals surface area contributed by atoms with E-state index < -0.39 is 12.0 Å². The van der Waals surface area contributed by atoms with Gasteiger partial charge < -0.3 is 20.3 Å². The number of carbonyl (C=O) groups excluding carboxylic acids is 1. The molecule has 0 saturated carbocycles.